The third-order valence-corrected chi connectivity index (χ3v) is 5.77. The molecule has 0 spiro atoms. The zero-order valence-electron chi connectivity index (χ0n) is 20.3. The number of nitrogens with zero attached hydrogens (tertiary/aromatic N) is 3. The average molecular weight is 512 g/mol. The highest BCUT2D eigenvalue weighted by molar-refractivity contribution is 6.30. The van der Waals surface area contributed by atoms with E-state index in [2.05, 4.69) is 9.97 Å². The zero-order chi connectivity index (χ0) is 26.0. The van der Waals surface area contributed by atoms with E-state index in [9.17, 15) is 4.79 Å². The second-order valence-electron chi connectivity index (χ2n) is 8.17. The van der Waals surface area contributed by atoms with Crippen molar-refractivity contribution in [1.82, 2.24) is 14.9 Å². The number of ether oxygens (including phenoxy) is 3. The first-order chi connectivity index (χ1) is 17.2. The van der Waals surface area contributed by atoms with Crippen molar-refractivity contribution in [2.24, 2.45) is 0 Å². The molecule has 2 heterocycles. The highest BCUT2D eigenvalue weighted by Gasteiger charge is 2.21. The van der Waals surface area contributed by atoms with Crippen LogP contribution in [-0.4, -0.2) is 49.1 Å². The maximum absolute atomic E-state index is 12.6. The Morgan fingerprint density at radius 1 is 1.08 bits per heavy atom. The summed E-state index contributed by atoms with van der Waals surface area (Å²) in [5, 5.41) is 1.22. The highest BCUT2D eigenvalue weighted by Crippen LogP contribution is 2.41. The summed E-state index contributed by atoms with van der Waals surface area (Å²) in [5.74, 6) is 1.96. The van der Waals surface area contributed by atoms with Gasteiger partial charge >= 0.3 is 0 Å². The molecule has 4 rings (SSSR count). The number of halogens is 1. The predicted molar refractivity (Wildman–Crippen MR) is 137 cm³/mol. The van der Waals surface area contributed by atoms with Crippen LogP contribution in [0.1, 0.15) is 27.2 Å². The van der Waals surface area contributed by atoms with E-state index in [1.807, 2.05) is 12.1 Å². The lowest BCUT2D eigenvalue weighted by molar-refractivity contribution is 0.0822. The van der Waals surface area contributed by atoms with Gasteiger partial charge in [-0.15, -0.1) is 0 Å². The highest BCUT2D eigenvalue weighted by atomic mass is 35.5. The maximum Gasteiger partial charge on any atom is 0.257 e. The predicted octanol–water partition coefficient (Wildman–Crippen LogP) is 3.93. The van der Waals surface area contributed by atoms with Gasteiger partial charge in [-0.1, -0.05) is 11.6 Å². The molecule has 36 heavy (non-hydrogen) atoms. The first kappa shape index (κ1) is 24.9. The SMILES string of the molecule is COc1cc(Cc2cnc(N)nc2N)c2cc(COc3cc(Cl)ccc3C(=O)N(C)C)oc2c1OC. The Hall–Kier alpha value is -4.18. The van der Waals surface area contributed by atoms with Crippen molar-refractivity contribution < 1.29 is 23.4 Å². The fourth-order valence-corrected chi connectivity index (χ4v) is 3.94. The first-order valence-electron chi connectivity index (χ1n) is 10.9. The van der Waals surface area contributed by atoms with E-state index in [1.165, 1.54) is 12.0 Å². The summed E-state index contributed by atoms with van der Waals surface area (Å²) in [6.45, 7) is 0.0424. The van der Waals surface area contributed by atoms with E-state index in [1.54, 1.807) is 45.6 Å². The van der Waals surface area contributed by atoms with E-state index in [-0.39, 0.29) is 24.3 Å². The lowest BCUT2D eigenvalue weighted by atomic mass is 10.0. The van der Waals surface area contributed by atoms with Gasteiger partial charge in [0, 0.05) is 42.7 Å². The van der Waals surface area contributed by atoms with Gasteiger partial charge < -0.3 is 35.0 Å². The van der Waals surface area contributed by atoms with E-state index in [0.717, 1.165) is 10.9 Å². The van der Waals surface area contributed by atoms with E-state index in [0.29, 0.717) is 51.2 Å². The number of benzene rings is 2. The van der Waals surface area contributed by atoms with Gasteiger partial charge in [0.05, 0.1) is 19.8 Å². The Bertz CT molecular complexity index is 1440. The van der Waals surface area contributed by atoms with Crippen molar-refractivity contribution in [3.05, 3.63) is 64.0 Å². The van der Waals surface area contributed by atoms with Gasteiger partial charge in [-0.05, 0) is 35.9 Å². The molecule has 0 fully saturated rings. The van der Waals surface area contributed by atoms with Gasteiger partial charge in [-0.3, -0.25) is 4.79 Å². The summed E-state index contributed by atoms with van der Waals surface area (Å²) in [6, 6.07) is 8.56. The minimum absolute atomic E-state index is 0.0424. The molecule has 4 N–H and O–H groups in total. The first-order valence-corrected chi connectivity index (χ1v) is 11.3. The van der Waals surface area contributed by atoms with Gasteiger partial charge in [0.25, 0.3) is 5.91 Å². The second-order valence-corrected chi connectivity index (χ2v) is 8.61. The molecular weight excluding hydrogens is 486 g/mol. The zero-order valence-corrected chi connectivity index (χ0v) is 21.0. The molecule has 0 saturated heterocycles. The number of anilines is 2. The van der Waals surface area contributed by atoms with Crippen molar-refractivity contribution in [3.8, 4) is 17.2 Å². The van der Waals surface area contributed by atoms with Crippen molar-refractivity contribution in [1.29, 1.82) is 0 Å². The summed E-state index contributed by atoms with van der Waals surface area (Å²) >= 11 is 6.15. The summed E-state index contributed by atoms with van der Waals surface area (Å²) < 4.78 is 23.2. The van der Waals surface area contributed by atoms with Gasteiger partial charge in [0.2, 0.25) is 11.7 Å². The molecule has 2 aromatic carbocycles. The number of fused-ring (bicyclic) bond motifs is 1. The quantitative estimate of drug-likeness (QED) is 0.360. The molecule has 10 nitrogen and oxygen atoms in total. The van der Waals surface area contributed by atoms with Crippen LogP contribution < -0.4 is 25.7 Å². The summed E-state index contributed by atoms with van der Waals surface area (Å²) in [4.78, 5) is 22.1. The Labute approximate surface area is 212 Å². The molecule has 0 aliphatic carbocycles. The molecule has 0 aliphatic rings. The number of amides is 1. The van der Waals surface area contributed by atoms with Crippen molar-refractivity contribution in [2.45, 2.75) is 13.0 Å². The summed E-state index contributed by atoms with van der Waals surface area (Å²) in [7, 11) is 6.41. The van der Waals surface area contributed by atoms with Crippen LogP contribution >= 0.6 is 11.6 Å². The number of hydrogen-bond donors (Lipinski definition) is 2. The van der Waals surface area contributed by atoms with E-state index >= 15 is 0 Å². The van der Waals surface area contributed by atoms with Gasteiger partial charge in [-0.25, -0.2) is 4.98 Å². The monoisotopic (exact) mass is 511 g/mol. The Kier molecular flexibility index (Phi) is 7.07. The number of carbonyl (C=O) groups excluding carboxylic acids is 1. The number of rotatable bonds is 8. The van der Waals surface area contributed by atoms with Crippen molar-refractivity contribution >= 4 is 40.2 Å². The summed E-state index contributed by atoms with van der Waals surface area (Å²) in [5.41, 5.74) is 14.1. The van der Waals surface area contributed by atoms with Crippen LogP contribution in [0.3, 0.4) is 0 Å². The van der Waals surface area contributed by atoms with Gasteiger partial charge in [0.1, 0.15) is 23.9 Å². The number of nitrogens with two attached hydrogens (primary N) is 2. The standard InChI is InChI=1S/C25H26ClN5O5/c1-31(2)24(32)17-6-5-15(26)9-19(17)35-12-16-10-18-13(7-14-11-29-25(28)30-23(14)27)8-20(33-3)22(34-4)21(18)36-16/h5-6,8-11H,7,12H2,1-4H3,(H4,27,28,29,30). The molecule has 0 bridgehead atoms. The number of aromatic nitrogens is 2. The topological polar surface area (TPSA) is 139 Å². The molecule has 4 aromatic rings. The van der Waals surface area contributed by atoms with Crippen LogP contribution in [-0.2, 0) is 13.0 Å². The minimum Gasteiger partial charge on any atom is -0.493 e. The van der Waals surface area contributed by atoms with E-state index in [4.69, 9.17) is 41.7 Å². The molecule has 188 valence electrons. The Morgan fingerprint density at radius 2 is 1.86 bits per heavy atom. The lowest BCUT2D eigenvalue weighted by Gasteiger charge is -2.14. The van der Waals surface area contributed by atoms with Crippen LogP contribution in [0, 0.1) is 0 Å². The molecule has 0 unspecified atom stereocenters. The number of carbonyl (C=O) groups is 1. The molecule has 0 radical (unpaired) electrons. The minimum atomic E-state index is -0.205. The second kappa shape index (κ2) is 10.2. The molecule has 2 aromatic heterocycles. The van der Waals surface area contributed by atoms with Crippen LogP contribution in [0.25, 0.3) is 11.0 Å². The number of methoxy groups -OCH3 is 2. The molecular formula is C25H26ClN5O5. The molecule has 11 heteroatoms. The largest absolute Gasteiger partial charge is 0.493 e. The fraction of sp³-hybridized carbons (Fsp3) is 0.240. The fourth-order valence-electron chi connectivity index (χ4n) is 3.78. The van der Waals surface area contributed by atoms with Crippen LogP contribution in [0.5, 0.6) is 17.2 Å². The van der Waals surface area contributed by atoms with E-state index < -0.39 is 0 Å². The molecule has 0 aliphatic heterocycles. The maximum atomic E-state index is 12.6. The smallest absolute Gasteiger partial charge is 0.257 e. The van der Waals surface area contributed by atoms with Gasteiger partial charge in [0.15, 0.2) is 11.3 Å². The Morgan fingerprint density at radius 3 is 2.53 bits per heavy atom. The lowest BCUT2D eigenvalue weighted by Crippen LogP contribution is -2.22. The van der Waals surface area contributed by atoms with Crippen LogP contribution in [0.4, 0.5) is 11.8 Å². The average Bonchev–Trinajstić information content (AvgIpc) is 3.28. The van der Waals surface area contributed by atoms with Crippen LogP contribution in [0.2, 0.25) is 5.02 Å². The normalized spacial score (nSPS) is 10.9. The number of hydrogen-bond acceptors (Lipinski definition) is 9. The number of nitrogen functional groups attached to an aromatic ring is 2. The molecule has 0 atom stereocenters. The van der Waals surface area contributed by atoms with Crippen molar-refractivity contribution in [2.75, 3.05) is 39.8 Å². The molecule has 0 saturated carbocycles. The Balaban J connectivity index is 1.72. The number of furan rings is 1. The summed E-state index contributed by atoms with van der Waals surface area (Å²) in [6.07, 6.45) is 1.99. The molecule has 1 amide bonds. The van der Waals surface area contributed by atoms with Gasteiger partial charge in [-0.2, -0.15) is 4.98 Å². The third kappa shape index (κ3) is 4.94. The third-order valence-electron chi connectivity index (χ3n) is 5.54. The van der Waals surface area contributed by atoms with Crippen LogP contribution in [0.15, 0.2) is 40.9 Å². The van der Waals surface area contributed by atoms with Crippen molar-refractivity contribution in [3.63, 3.8) is 0 Å².